The van der Waals surface area contributed by atoms with Gasteiger partial charge in [0, 0.05) is 10.6 Å². The smallest absolute Gasteiger partial charge is 0.238 e. The topological polar surface area (TPSA) is 71.5 Å². The summed E-state index contributed by atoms with van der Waals surface area (Å²) in [7, 11) is -3.73. The Kier molecular flexibility index (Phi) is 5.74. The fourth-order valence-electron chi connectivity index (χ4n) is 2.48. The molecule has 2 aromatic rings. The lowest BCUT2D eigenvalue weighted by molar-refractivity contribution is -0.125. The summed E-state index contributed by atoms with van der Waals surface area (Å²) in [6.45, 7) is 1.65. The number of halogens is 1. The van der Waals surface area contributed by atoms with Crippen molar-refractivity contribution in [1.82, 2.24) is 4.90 Å². The van der Waals surface area contributed by atoms with Crippen LogP contribution in [-0.2, 0) is 14.6 Å². The third-order valence-electron chi connectivity index (χ3n) is 3.98. The Labute approximate surface area is 166 Å². The van der Waals surface area contributed by atoms with Crippen LogP contribution in [0.25, 0.3) is 0 Å². The van der Waals surface area contributed by atoms with Crippen molar-refractivity contribution >= 4 is 44.9 Å². The minimum Gasteiger partial charge on any atom is -0.298 e. The van der Waals surface area contributed by atoms with Crippen LogP contribution in [0.4, 0.5) is 0 Å². The van der Waals surface area contributed by atoms with Crippen molar-refractivity contribution < 1.29 is 18.0 Å². The molecule has 1 aliphatic rings. The zero-order valence-corrected chi connectivity index (χ0v) is 16.8. The van der Waals surface area contributed by atoms with Gasteiger partial charge in [-0.05, 0) is 43.3 Å². The molecule has 1 heterocycles. The molecular weight excluding hydrogens is 406 g/mol. The summed E-state index contributed by atoms with van der Waals surface area (Å²) in [6.07, 6.45) is 0. The molecule has 0 saturated carbocycles. The molecule has 0 N–H and O–H groups in total. The third kappa shape index (κ3) is 4.61. The van der Waals surface area contributed by atoms with E-state index >= 15 is 0 Å². The number of carbonyl (C=O) groups is 2. The monoisotopic (exact) mass is 421 g/mol. The van der Waals surface area contributed by atoms with Crippen LogP contribution in [0.2, 0.25) is 5.02 Å². The Morgan fingerprint density at radius 1 is 1.15 bits per heavy atom. The van der Waals surface area contributed by atoms with Gasteiger partial charge >= 0.3 is 0 Å². The van der Waals surface area contributed by atoms with Crippen molar-refractivity contribution in [1.29, 1.82) is 0 Å². The largest absolute Gasteiger partial charge is 0.298 e. The first-order chi connectivity index (χ1) is 12.8. The van der Waals surface area contributed by atoms with Crippen molar-refractivity contribution in [2.75, 3.05) is 12.3 Å². The molecule has 1 fully saturated rings. The van der Waals surface area contributed by atoms with Crippen molar-refractivity contribution in [2.45, 2.75) is 11.8 Å². The molecule has 0 aliphatic carbocycles. The third-order valence-corrected chi connectivity index (χ3v) is 6.87. The molecule has 0 aromatic heterocycles. The van der Waals surface area contributed by atoms with Crippen LogP contribution < -0.4 is 0 Å². The van der Waals surface area contributed by atoms with E-state index in [1.807, 2.05) is 6.92 Å². The number of thioether (sulfide) groups is 1. The Bertz CT molecular complexity index is 1010. The van der Waals surface area contributed by atoms with E-state index in [0.717, 1.165) is 22.7 Å². The summed E-state index contributed by atoms with van der Waals surface area (Å²) in [5, 5.41) is 1.81. The van der Waals surface area contributed by atoms with Gasteiger partial charge in [-0.3, -0.25) is 14.5 Å². The van der Waals surface area contributed by atoms with Gasteiger partial charge in [-0.25, -0.2) is 8.42 Å². The minimum absolute atomic E-state index is 0.100. The SMILES string of the molecule is Cc1ccc(S(=O)(=O)C=C2SCC(=O)N2CC(=O)c2ccc(Cl)cc2)cc1. The molecule has 5 nitrogen and oxygen atoms in total. The summed E-state index contributed by atoms with van der Waals surface area (Å²) < 4.78 is 25.2. The second-order valence-corrected chi connectivity index (χ2v) is 9.24. The number of ketones is 1. The van der Waals surface area contributed by atoms with E-state index in [9.17, 15) is 18.0 Å². The number of hydrogen-bond donors (Lipinski definition) is 0. The average Bonchev–Trinajstić information content (AvgIpc) is 2.95. The van der Waals surface area contributed by atoms with Gasteiger partial charge in [-0.1, -0.05) is 41.1 Å². The molecule has 0 unspecified atom stereocenters. The first-order valence-electron chi connectivity index (χ1n) is 8.02. The highest BCUT2D eigenvalue weighted by Gasteiger charge is 2.30. The van der Waals surface area contributed by atoms with Crippen molar-refractivity contribution in [3.8, 4) is 0 Å². The molecule has 1 aliphatic heterocycles. The van der Waals surface area contributed by atoms with E-state index in [4.69, 9.17) is 11.6 Å². The first kappa shape index (κ1) is 19.7. The fourth-order valence-corrected chi connectivity index (χ4v) is 5.05. The Hall–Kier alpha value is -2.09. The molecule has 0 atom stereocenters. The van der Waals surface area contributed by atoms with Crippen LogP contribution in [0.5, 0.6) is 0 Å². The maximum Gasteiger partial charge on any atom is 0.238 e. The van der Waals surface area contributed by atoms with Crippen LogP contribution in [0.1, 0.15) is 15.9 Å². The summed E-state index contributed by atoms with van der Waals surface area (Å²) in [5.74, 6) is -0.489. The zero-order valence-electron chi connectivity index (χ0n) is 14.4. The van der Waals surface area contributed by atoms with Crippen LogP contribution in [0.15, 0.2) is 63.9 Å². The average molecular weight is 422 g/mol. The van der Waals surface area contributed by atoms with E-state index in [1.54, 1.807) is 36.4 Å². The van der Waals surface area contributed by atoms with Gasteiger partial charge in [0.2, 0.25) is 15.7 Å². The van der Waals surface area contributed by atoms with Gasteiger partial charge in [0.25, 0.3) is 0 Å². The van der Waals surface area contributed by atoms with E-state index in [0.29, 0.717) is 10.6 Å². The van der Waals surface area contributed by atoms with Gasteiger partial charge in [-0.2, -0.15) is 0 Å². The number of carbonyl (C=O) groups excluding carboxylic acids is 2. The van der Waals surface area contributed by atoms with Crippen LogP contribution in [0.3, 0.4) is 0 Å². The molecule has 1 saturated heterocycles. The summed E-state index contributed by atoms with van der Waals surface area (Å²) in [5.41, 5.74) is 1.35. The highest BCUT2D eigenvalue weighted by molar-refractivity contribution is 8.05. The minimum atomic E-state index is -3.73. The highest BCUT2D eigenvalue weighted by atomic mass is 35.5. The van der Waals surface area contributed by atoms with Crippen LogP contribution in [0, 0.1) is 6.92 Å². The molecule has 0 spiro atoms. The Balaban J connectivity index is 1.85. The molecule has 0 bridgehead atoms. The normalized spacial score (nSPS) is 16.1. The molecule has 8 heteroatoms. The second-order valence-electron chi connectivity index (χ2n) is 6.01. The lowest BCUT2D eigenvalue weighted by Crippen LogP contribution is -2.30. The lowest BCUT2D eigenvalue weighted by Gasteiger charge is -2.16. The zero-order chi connectivity index (χ0) is 19.6. The molecule has 1 amide bonds. The summed E-state index contributed by atoms with van der Waals surface area (Å²) in [6, 6.07) is 12.8. The van der Waals surface area contributed by atoms with Gasteiger partial charge in [0.05, 0.1) is 27.6 Å². The number of nitrogens with zero attached hydrogens (tertiary/aromatic N) is 1. The summed E-state index contributed by atoms with van der Waals surface area (Å²) in [4.78, 5) is 26.0. The van der Waals surface area contributed by atoms with Gasteiger partial charge in [-0.15, -0.1) is 0 Å². The fraction of sp³-hybridized carbons (Fsp3) is 0.158. The highest BCUT2D eigenvalue weighted by Crippen LogP contribution is 2.31. The van der Waals surface area contributed by atoms with Crippen LogP contribution >= 0.6 is 23.4 Å². The van der Waals surface area contributed by atoms with Gasteiger partial charge < -0.3 is 0 Å². The number of rotatable bonds is 5. The molecule has 0 radical (unpaired) electrons. The predicted octanol–water partition coefficient (Wildman–Crippen LogP) is 3.68. The lowest BCUT2D eigenvalue weighted by atomic mass is 10.1. The maximum absolute atomic E-state index is 12.6. The molecule has 140 valence electrons. The van der Waals surface area contributed by atoms with Gasteiger partial charge in [0.15, 0.2) is 5.78 Å². The number of sulfone groups is 1. The van der Waals surface area contributed by atoms with E-state index in [-0.39, 0.29) is 33.9 Å². The second kappa shape index (κ2) is 7.88. The first-order valence-corrected chi connectivity index (χ1v) is 10.9. The maximum atomic E-state index is 12.6. The number of benzene rings is 2. The van der Waals surface area contributed by atoms with E-state index in [2.05, 4.69) is 0 Å². The Morgan fingerprint density at radius 3 is 2.41 bits per heavy atom. The van der Waals surface area contributed by atoms with E-state index < -0.39 is 9.84 Å². The molecular formula is C19H16ClNO4S2. The predicted molar refractivity (Wildman–Crippen MR) is 106 cm³/mol. The molecule has 27 heavy (non-hydrogen) atoms. The van der Waals surface area contributed by atoms with Crippen molar-refractivity contribution in [3.63, 3.8) is 0 Å². The number of amides is 1. The van der Waals surface area contributed by atoms with Gasteiger partial charge in [0.1, 0.15) is 0 Å². The standard InChI is InChI=1S/C19H16ClNO4S2/c1-13-2-8-16(9-3-13)27(24,25)12-19-21(18(23)11-26-19)10-17(22)14-4-6-15(20)7-5-14/h2-9,12H,10-11H2,1H3. The molecule has 3 rings (SSSR count). The number of hydrogen-bond acceptors (Lipinski definition) is 5. The van der Waals surface area contributed by atoms with Crippen molar-refractivity contribution in [3.05, 3.63) is 75.1 Å². The quantitative estimate of drug-likeness (QED) is 0.688. The van der Waals surface area contributed by atoms with E-state index in [1.165, 1.54) is 17.0 Å². The number of aryl methyl sites for hydroxylation is 1. The van der Waals surface area contributed by atoms with Crippen LogP contribution in [-0.4, -0.2) is 37.3 Å². The summed E-state index contributed by atoms with van der Waals surface area (Å²) >= 11 is 6.93. The van der Waals surface area contributed by atoms with Crippen molar-refractivity contribution in [2.24, 2.45) is 0 Å². The molecule has 2 aromatic carbocycles. The Morgan fingerprint density at radius 2 is 1.78 bits per heavy atom. The number of Topliss-reactive ketones (excluding diaryl/α,β-unsaturated/α-hetero) is 1.